The van der Waals surface area contributed by atoms with Crippen LogP contribution in [0.1, 0.15) is 5.56 Å². The van der Waals surface area contributed by atoms with E-state index >= 15 is 0 Å². The molecule has 4 nitrogen and oxygen atoms in total. The normalized spacial score (nSPS) is 9.73. The van der Waals surface area contributed by atoms with Crippen molar-refractivity contribution in [3.8, 4) is 0 Å². The third kappa shape index (κ3) is 3.21. The number of nitrogens with one attached hydrogen (secondary N) is 1. The van der Waals surface area contributed by atoms with E-state index < -0.39 is 17.7 Å². The van der Waals surface area contributed by atoms with Crippen LogP contribution in [-0.2, 0) is 16.1 Å². The van der Waals surface area contributed by atoms with Gasteiger partial charge in [0, 0.05) is 11.6 Å². The van der Waals surface area contributed by atoms with Gasteiger partial charge in [-0.05, 0) is 17.7 Å². The Labute approximate surface area is 89.7 Å². The molecule has 0 bridgehead atoms. The van der Waals surface area contributed by atoms with Crippen LogP contribution in [0.5, 0.6) is 0 Å². The molecule has 1 amide bonds. The first-order valence-electron chi connectivity index (χ1n) is 3.95. The topological polar surface area (TPSA) is 66.4 Å². The summed E-state index contributed by atoms with van der Waals surface area (Å²) in [5.74, 6) is -3.20. The summed E-state index contributed by atoms with van der Waals surface area (Å²) in [6, 6.07) is 3.64. The van der Waals surface area contributed by atoms with Crippen LogP contribution < -0.4 is 5.32 Å². The van der Waals surface area contributed by atoms with Crippen LogP contribution in [0.25, 0.3) is 0 Å². The van der Waals surface area contributed by atoms with Crippen LogP contribution in [-0.4, -0.2) is 17.0 Å². The Morgan fingerprint density at radius 2 is 2.13 bits per heavy atom. The first kappa shape index (κ1) is 11.5. The SMILES string of the molecule is O=C(O)C(=O)NCc1ccc(F)cc1Cl. The van der Waals surface area contributed by atoms with E-state index in [1.165, 1.54) is 12.1 Å². The number of amides is 1. The summed E-state index contributed by atoms with van der Waals surface area (Å²) in [4.78, 5) is 20.8. The van der Waals surface area contributed by atoms with Crippen molar-refractivity contribution >= 4 is 23.5 Å². The lowest BCUT2D eigenvalue weighted by Crippen LogP contribution is -2.30. The van der Waals surface area contributed by atoms with Crippen molar-refractivity contribution in [3.63, 3.8) is 0 Å². The van der Waals surface area contributed by atoms with Gasteiger partial charge >= 0.3 is 11.9 Å². The number of carbonyl (C=O) groups is 2. The van der Waals surface area contributed by atoms with Gasteiger partial charge in [-0.1, -0.05) is 17.7 Å². The number of halogens is 2. The molecule has 0 spiro atoms. The van der Waals surface area contributed by atoms with Gasteiger partial charge in [0.1, 0.15) is 5.82 Å². The van der Waals surface area contributed by atoms with E-state index in [4.69, 9.17) is 16.7 Å². The fourth-order valence-corrected chi connectivity index (χ4v) is 1.15. The van der Waals surface area contributed by atoms with E-state index in [-0.39, 0.29) is 11.6 Å². The van der Waals surface area contributed by atoms with Gasteiger partial charge in [0.2, 0.25) is 0 Å². The van der Waals surface area contributed by atoms with E-state index in [9.17, 15) is 14.0 Å². The predicted octanol–water partition coefficient (Wildman–Crippen LogP) is 1.18. The van der Waals surface area contributed by atoms with Crippen molar-refractivity contribution in [2.45, 2.75) is 6.54 Å². The molecule has 0 heterocycles. The number of carboxylic acids is 1. The lowest BCUT2D eigenvalue weighted by atomic mass is 10.2. The average molecular weight is 232 g/mol. The molecule has 0 unspecified atom stereocenters. The first-order valence-corrected chi connectivity index (χ1v) is 4.33. The fraction of sp³-hybridized carbons (Fsp3) is 0.111. The summed E-state index contributed by atoms with van der Waals surface area (Å²) >= 11 is 5.65. The first-order chi connectivity index (χ1) is 7.00. The Balaban J connectivity index is 2.66. The van der Waals surface area contributed by atoms with Gasteiger partial charge in [-0.3, -0.25) is 4.79 Å². The van der Waals surface area contributed by atoms with E-state index in [2.05, 4.69) is 5.32 Å². The van der Waals surface area contributed by atoms with Crippen LogP contribution in [0.2, 0.25) is 5.02 Å². The highest BCUT2D eigenvalue weighted by Gasteiger charge is 2.11. The van der Waals surface area contributed by atoms with Crippen molar-refractivity contribution in [3.05, 3.63) is 34.6 Å². The second-order valence-electron chi connectivity index (χ2n) is 2.72. The molecule has 1 rings (SSSR count). The number of hydrogen-bond acceptors (Lipinski definition) is 2. The van der Waals surface area contributed by atoms with E-state index in [0.717, 1.165) is 6.07 Å². The lowest BCUT2D eigenvalue weighted by molar-refractivity contribution is -0.150. The van der Waals surface area contributed by atoms with Gasteiger partial charge < -0.3 is 10.4 Å². The van der Waals surface area contributed by atoms with E-state index in [1.54, 1.807) is 0 Å². The van der Waals surface area contributed by atoms with Gasteiger partial charge in [0.15, 0.2) is 0 Å². The van der Waals surface area contributed by atoms with Gasteiger partial charge in [-0.15, -0.1) is 0 Å². The highest BCUT2D eigenvalue weighted by atomic mass is 35.5. The molecule has 0 aliphatic rings. The van der Waals surface area contributed by atoms with Crippen molar-refractivity contribution in [2.24, 2.45) is 0 Å². The third-order valence-electron chi connectivity index (χ3n) is 1.65. The molecular weight excluding hydrogens is 225 g/mol. The minimum atomic E-state index is -1.58. The number of carboxylic acid groups (broad SMARTS) is 1. The van der Waals surface area contributed by atoms with Crippen molar-refractivity contribution in [1.29, 1.82) is 0 Å². The fourth-order valence-electron chi connectivity index (χ4n) is 0.916. The minimum Gasteiger partial charge on any atom is -0.474 e. The van der Waals surface area contributed by atoms with E-state index in [1.807, 2.05) is 0 Å². The standard InChI is InChI=1S/C9H7ClFNO3/c10-7-3-6(11)2-1-5(7)4-12-8(13)9(14)15/h1-3H,4H2,(H,12,13)(H,14,15). The summed E-state index contributed by atoms with van der Waals surface area (Å²) < 4.78 is 12.6. The zero-order valence-corrected chi connectivity index (χ0v) is 8.21. The minimum absolute atomic E-state index is 0.0513. The molecule has 0 saturated heterocycles. The molecule has 0 radical (unpaired) electrons. The zero-order valence-electron chi connectivity index (χ0n) is 7.46. The Bertz CT molecular complexity index is 408. The molecule has 1 aromatic rings. The molecule has 6 heteroatoms. The lowest BCUT2D eigenvalue weighted by Gasteiger charge is -2.04. The van der Waals surface area contributed by atoms with Crippen molar-refractivity contribution in [1.82, 2.24) is 5.32 Å². The Morgan fingerprint density at radius 3 is 2.67 bits per heavy atom. The monoisotopic (exact) mass is 231 g/mol. The molecule has 15 heavy (non-hydrogen) atoms. The third-order valence-corrected chi connectivity index (χ3v) is 2.00. The number of benzene rings is 1. The zero-order chi connectivity index (χ0) is 11.4. The van der Waals surface area contributed by atoms with Crippen molar-refractivity contribution in [2.75, 3.05) is 0 Å². The second-order valence-corrected chi connectivity index (χ2v) is 3.13. The Hall–Kier alpha value is -1.62. The molecule has 0 aliphatic carbocycles. The molecule has 2 N–H and O–H groups in total. The average Bonchev–Trinajstić information content (AvgIpc) is 2.15. The smallest absolute Gasteiger partial charge is 0.394 e. The molecule has 0 aliphatic heterocycles. The highest BCUT2D eigenvalue weighted by molar-refractivity contribution is 6.32. The summed E-state index contributed by atoms with van der Waals surface area (Å²) in [5, 5.41) is 10.5. The van der Waals surface area contributed by atoms with Crippen molar-refractivity contribution < 1.29 is 19.1 Å². The molecule has 0 saturated carbocycles. The Morgan fingerprint density at radius 1 is 1.47 bits per heavy atom. The Kier molecular flexibility index (Phi) is 3.62. The second kappa shape index (κ2) is 4.75. The van der Waals surface area contributed by atoms with Gasteiger partial charge in [0.25, 0.3) is 0 Å². The summed E-state index contributed by atoms with van der Waals surface area (Å²) in [7, 11) is 0. The maximum atomic E-state index is 12.6. The van der Waals surface area contributed by atoms with Crippen LogP contribution in [0.15, 0.2) is 18.2 Å². The number of aliphatic carboxylic acids is 1. The van der Waals surface area contributed by atoms with E-state index in [0.29, 0.717) is 5.56 Å². The highest BCUT2D eigenvalue weighted by Crippen LogP contribution is 2.16. The summed E-state index contributed by atoms with van der Waals surface area (Å²) in [6.45, 7) is -0.0513. The number of carbonyl (C=O) groups excluding carboxylic acids is 1. The van der Waals surface area contributed by atoms with Crippen LogP contribution in [0.3, 0.4) is 0 Å². The molecule has 0 atom stereocenters. The predicted molar refractivity (Wildman–Crippen MR) is 50.9 cm³/mol. The van der Waals surface area contributed by atoms with Crippen LogP contribution >= 0.6 is 11.6 Å². The quantitative estimate of drug-likeness (QED) is 0.751. The number of hydrogen-bond donors (Lipinski definition) is 2. The molecular formula is C9H7ClFNO3. The molecule has 1 aromatic carbocycles. The van der Waals surface area contributed by atoms with Gasteiger partial charge in [-0.2, -0.15) is 0 Å². The maximum Gasteiger partial charge on any atom is 0.394 e. The maximum absolute atomic E-state index is 12.6. The van der Waals surface area contributed by atoms with Gasteiger partial charge in [0.05, 0.1) is 0 Å². The summed E-state index contributed by atoms with van der Waals surface area (Å²) in [5.41, 5.74) is 0.452. The molecule has 0 fully saturated rings. The molecule has 80 valence electrons. The number of rotatable bonds is 2. The largest absolute Gasteiger partial charge is 0.474 e. The summed E-state index contributed by atoms with van der Waals surface area (Å²) in [6.07, 6.45) is 0. The van der Waals surface area contributed by atoms with Crippen LogP contribution in [0.4, 0.5) is 4.39 Å². The van der Waals surface area contributed by atoms with Gasteiger partial charge in [-0.25, -0.2) is 9.18 Å². The van der Waals surface area contributed by atoms with Crippen LogP contribution in [0, 0.1) is 5.82 Å². The molecule has 0 aromatic heterocycles.